The average molecular weight is 342 g/mol. The van der Waals surface area contributed by atoms with E-state index >= 15 is 0 Å². The van der Waals surface area contributed by atoms with Gasteiger partial charge in [-0.15, -0.1) is 11.3 Å². The first-order chi connectivity index (χ1) is 11.6. The number of nitrogens with one attached hydrogen (secondary N) is 2. The Bertz CT molecular complexity index is 868. The van der Waals surface area contributed by atoms with Crippen molar-refractivity contribution in [3.05, 3.63) is 57.9 Å². The first-order valence-corrected chi connectivity index (χ1v) is 8.45. The second-order valence-corrected chi connectivity index (χ2v) is 6.57. The molecule has 1 unspecified atom stereocenters. The third kappa shape index (κ3) is 3.49. The molecule has 6 heteroatoms. The van der Waals surface area contributed by atoms with Gasteiger partial charge in [-0.2, -0.15) is 0 Å². The molecule has 124 valence electrons. The molecule has 1 aromatic carbocycles. The van der Waals surface area contributed by atoms with E-state index in [4.69, 9.17) is 4.74 Å². The van der Waals surface area contributed by atoms with Crippen LogP contribution in [0.2, 0.25) is 0 Å². The fourth-order valence-electron chi connectivity index (χ4n) is 2.56. The van der Waals surface area contributed by atoms with E-state index < -0.39 is 6.04 Å². The summed E-state index contributed by atoms with van der Waals surface area (Å²) < 4.78 is 4.73. The molecule has 0 fully saturated rings. The van der Waals surface area contributed by atoms with Crippen LogP contribution in [0.25, 0.3) is 10.9 Å². The number of ether oxygens (including phenoxy) is 1. The van der Waals surface area contributed by atoms with Gasteiger partial charge in [0, 0.05) is 15.8 Å². The van der Waals surface area contributed by atoms with Gasteiger partial charge in [-0.1, -0.05) is 18.2 Å². The topological polar surface area (TPSA) is 71.2 Å². The molecule has 0 aliphatic rings. The number of carbonyl (C=O) groups excluding carboxylic acids is 2. The number of rotatable bonds is 5. The van der Waals surface area contributed by atoms with E-state index in [-0.39, 0.29) is 18.3 Å². The zero-order valence-electron chi connectivity index (χ0n) is 13.5. The number of benzene rings is 1. The highest BCUT2D eigenvalue weighted by Gasteiger charge is 2.21. The third-order valence-electron chi connectivity index (χ3n) is 3.81. The zero-order valence-corrected chi connectivity index (χ0v) is 14.3. The quantitative estimate of drug-likeness (QED) is 0.696. The van der Waals surface area contributed by atoms with Crippen molar-refractivity contribution in [1.29, 1.82) is 0 Å². The van der Waals surface area contributed by atoms with Crippen molar-refractivity contribution in [2.24, 2.45) is 0 Å². The molecule has 5 nitrogen and oxygen atoms in total. The van der Waals surface area contributed by atoms with Crippen molar-refractivity contribution in [3.8, 4) is 0 Å². The Labute approximate surface area is 143 Å². The second kappa shape index (κ2) is 6.88. The molecule has 0 radical (unpaired) electrons. The summed E-state index contributed by atoms with van der Waals surface area (Å²) >= 11 is 1.49. The number of aromatic nitrogens is 1. The minimum Gasteiger partial charge on any atom is -0.469 e. The number of carbonyl (C=O) groups is 2. The third-order valence-corrected chi connectivity index (χ3v) is 4.80. The summed E-state index contributed by atoms with van der Waals surface area (Å²) in [5, 5.41) is 5.81. The Kier molecular flexibility index (Phi) is 4.66. The van der Waals surface area contributed by atoms with Gasteiger partial charge in [0.1, 0.15) is 5.69 Å². The average Bonchev–Trinajstić information content (AvgIpc) is 3.22. The number of fused-ring (bicyclic) bond motifs is 1. The molecule has 1 amide bonds. The van der Waals surface area contributed by atoms with Crippen LogP contribution >= 0.6 is 11.3 Å². The Balaban J connectivity index is 1.82. The van der Waals surface area contributed by atoms with Gasteiger partial charge < -0.3 is 15.0 Å². The number of H-pyrrole nitrogens is 1. The SMILES string of the molecule is COC(=O)CC(NC(=O)c1cc2ccc(C)cc2[nH]1)c1cccs1. The van der Waals surface area contributed by atoms with Crippen molar-refractivity contribution in [2.75, 3.05) is 7.11 Å². The molecule has 0 bridgehead atoms. The first-order valence-electron chi connectivity index (χ1n) is 7.57. The Morgan fingerprint density at radius 2 is 2.12 bits per heavy atom. The summed E-state index contributed by atoms with van der Waals surface area (Å²) in [5.74, 6) is -0.605. The molecule has 3 aromatic rings. The number of esters is 1. The van der Waals surface area contributed by atoms with Crippen molar-refractivity contribution in [1.82, 2.24) is 10.3 Å². The minimum atomic E-state index is -0.405. The summed E-state index contributed by atoms with van der Waals surface area (Å²) in [7, 11) is 1.34. The highest BCUT2D eigenvalue weighted by atomic mass is 32.1. The van der Waals surface area contributed by atoms with Gasteiger partial charge in [0.2, 0.25) is 0 Å². The predicted octanol–water partition coefficient (Wildman–Crippen LogP) is 3.57. The Morgan fingerprint density at radius 1 is 1.29 bits per heavy atom. The summed E-state index contributed by atoms with van der Waals surface area (Å²) in [4.78, 5) is 28.3. The first kappa shape index (κ1) is 16.3. The van der Waals surface area contributed by atoms with E-state index in [1.165, 1.54) is 18.4 Å². The molecule has 0 aliphatic heterocycles. The van der Waals surface area contributed by atoms with E-state index in [0.29, 0.717) is 5.69 Å². The lowest BCUT2D eigenvalue weighted by Gasteiger charge is -2.15. The molecule has 3 rings (SSSR count). The van der Waals surface area contributed by atoms with Crippen LogP contribution in [0.4, 0.5) is 0 Å². The largest absolute Gasteiger partial charge is 0.469 e. The standard InChI is InChI=1S/C18H18N2O3S/c1-11-5-6-12-9-15(19-13(12)8-11)18(22)20-14(10-17(21)23-2)16-4-3-7-24-16/h3-9,14,19H,10H2,1-2H3,(H,20,22). The van der Waals surface area contributed by atoms with Gasteiger partial charge in [0.05, 0.1) is 19.6 Å². The normalized spacial score (nSPS) is 12.1. The Hall–Kier alpha value is -2.60. The molecule has 2 heterocycles. The van der Waals surface area contributed by atoms with Crippen LogP contribution in [0.15, 0.2) is 41.8 Å². The van der Waals surface area contributed by atoms with E-state index in [2.05, 4.69) is 10.3 Å². The number of hydrogen-bond donors (Lipinski definition) is 2. The number of methoxy groups -OCH3 is 1. The molecule has 2 aromatic heterocycles. The maximum atomic E-state index is 12.6. The van der Waals surface area contributed by atoms with Crippen molar-refractivity contribution < 1.29 is 14.3 Å². The summed E-state index contributed by atoms with van der Waals surface area (Å²) in [6.07, 6.45) is 0.0993. The van der Waals surface area contributed by atoms with Gasteiger partial charge in [-0.05, 0) is 36.1 Å². The van der Waals surface area contributed by atoms with E-state index in [9.17, 15) is 9.59 Å². The molecule has 2 N–H and O–H groups in total. The smallest absolute Gasteiger partial charge is 0.307 e. The van der Waals surface area contributed by atoms with Crippen LogP contribution in [0.5, 0.6) is 0 Å². The minimum absolute atomic E-state index is 0.0993. The summed E-state index contributed by atoms with van der Waals surface area (Å²) in [5.41, 5.74) is 2.52. The van der Waals surface area contributed by atoms with Gasteiger partial charge in [0.15, 0.2) is 0 Å². The summed E-state index contributed by atoms with van der Waals surface area (Å²) in [6.45, 7) is 2.00. The van der Waals surface area contributed by atoms with E-state index in [1.807, 2.05) is 48.7 Å². The molecule has 0 spiro atoms. The van der Waals surface area contributed by atoms with Crippen molar-refractivity contribution >= 4 is 34.1 Å². The van der Waals surface area contributed by atoms with Gasteiger partial charge in [-0.3, -0.25) is 9.59 Å². The highest BCUT2D eigenvalue weighted by molar-refractivity contribution is 7.10. The van der Waals surface area contributed by atoms with Crippen molar-refractivity contribution in [3.63, 3.8) is 0 Å². The van der Waals surface area contributed by atoms with Crippen LogP contribution in [-0.4, -0.2) is 24.0 Å². The van der Waals surface area contributed by atoms with Gasteiger partial charge >= 0.3 is 5.97 Å². The monoisotopic (exact) mass is 342 g/mol. The highest BCUT2D eigenvalue weighted by Crippen LogP contribution is 2.24. The maximum Gasteiger partial charge on any atom is 0.307 e. The molecule has 1 atom stereocenters. The van der Waals surface area contributed by atoms with E-state index in [0.717, 1.165) is 21.3 Å². The van der Waals surface area contributed by atoms with Crippen molar-refractivity contribution in [2.45, 2.75) is 19.4 Å². The predicted molar refractivity (Wildman–Crippen MR) is 94.2 cm³/mol. The molecule has 0 aliphatic carbocycles. The molecular weight excluding hydrogens is 324 g/mol. The van der Waals surface area contributed by atoms with Crippen LogP contribution in [0.1, 0.15) is 33.4 Å². The number of aryl methyl sites for hydroxylation is 1. The van der Waals surface area contributed by atoms with Crippen LogP contribution in [0, 0.1) is 6.92 Å². The number of aromatic amines is 1. The molecular formula is C18H18N2O3S. The van der Waals surface area contributed by atoms with Crippen LogP contribution < -0.4 is 5.32 Å². The van der Waals surface area contributed by atoms with Gasteiger partial charge in [-0.25, -0.2) is 0 Å². The van der Waals surface area contributed by atoms with Crippen LogP contribution in [-0.2, 0) is 9.53 Å². The zero-order chi connectivity index (χ0) is 17.1. The summed E-state index contributed by atoms with van der Waals surface area (Å²) in [6, 6.07) is 11.2. The molecule has 24 heavy (non-hydrogen) atoms. The Morgan fingerprint density at radius 3 is 2.83 bits per heavy atom. The number of hydrogen-bond acceptors (Lipinski definition) is 4. The second-order valence-electron chi connectivity index (χ2n) is 5.60. The number of amides is 1. The van der Waals surface area contributed by atoms with Crippen LogP contribution in [0.3, 0.4) is 0 Å². The maximum absolute atomic E-state index is 12.6. The fourth-order valence-corrected chi connectivity index (χ4v) is 3.34. The van der Waals surface area contributed by atoms with Gasteiger partial charge in [0.25, 0.3) is 5.91 Å². The van der Waals surface area contributed by atoms with E-state index in [1.54, 1.807) is 0 Å². The molecule has 0 saturated heterocycles. The lowest BCUT2D eigenvalue weighted by molar-refractivity contribution is -0.141. The lowest BCUT2D eigenvalue weighted by Crippen LogP contribution is -2.30. The lowest BCUT2D eigenvalue weighted by atomic mass is 10.1. The molecule has 0 saturated carbocycles. The fraction of sp³-hybridized carbons (Fsp3) is 0.222. The number of thiophene rings is 1.